The zero-order valence-corrected chi connectivity index (χ0v) is 11.5. The number of nitrogens with one attached hydrogen (secondary N) is 1. The summed E-state index contributed by atoms with van der Waals surface area (Å²) in [5.74, 6) is 1.09. The molecule has 2 aliphatic rings. The molecule has 0 amide bonds. The van der Waals surface area contributed by atoms with Crippen LogP contribution in [-0.4, -0.2) is 47.0 Å². The van der Waals surface area contributed by atoms with Gasteiger partial charge >= 0.3 is 0 Å². The predicted octanol–water partition coefficient (Wildman–Crippen LogP) is 1.36. The van der Waals surface area contributed by atoms with Crippen LogP contribution in [0.25, 0.3) is 5.57 Å². The summed E-state index contributed by atoms with van der Waals surface area (Å²) in [4.78, 5) is 4.63. The van der Waals surface area contributed by atoms with Crippen molar-refractivity contribution in [3.8, 4) is 0 Å². The highest BCUT2D eigenvalue weighted by molar-refractivity contribution is 6.99. The largest absolute Gasteiger partial charge is 0.378 e. The first-order valence-electron chi connectivity index (χ1n) is 6.53. The topological polar surface area (TPSA) is 44.3 Å². The van der Waals surface area contributed by atoms with Crippen molar-refractivity contribution in [3.63, 3.8) is 0 Å². The molecule has 1 fully saturated rings. The maximum atomic E-state index is 4.51. The normalized spacial score (nSPS) is 21.6. The molecule has 3 rings (SSSR count). The van der Waals surface area contributed by atoms with Gasteiger partial charge in [-0.2, -0.15) is 8.75 Å². The summed E-state index contributed by atoms with van der Waals surface area (Å²) in [6.45, 7) is 4.09. The van der Waals surface area contributed by atoms with E-state index in [4.69, 9.17) is 0 Å². The Morgan fingerprint density at radius 1 is 1.22 bits per heavy atom. The second-order valence-corrected chi connectivity index (χ2v) is 5.56. The molecule has 6 heteroatoms. The zero-order chi connectivity index (χ0) is 12.4. The van der Waals surface area contributed by atoms with Gasteiger partial charge in [0.05, 0.1) is 18.4 Å². The summed E-state index contributed by atoms with van der Waals surface area (Å²) >= 11 is 1.33. The molecule has 0 bridgehead atoms. The Kier molecular flexibility index (Phi) is 3.47. The Bertz CT molecular complexity index is 435. The lowest BCUT2D eigenvalue weighted by Crippen LogP contribution is -2.35. The van der Waals surface area contributed by atoms with E-state index in [9.17, 15) is 0 Å². The van der Waals surface area contributed by atoms with E-state index in [0.29, 0.717) is 0 Å². The van der Waals surface area contributed by atoms with Gasteiger partial charge in [0.1, 0.15) is 5.69 Å². The average molecular weight is 265 g/mol. The van der Waals surface area contributed by atoms with Crippen LogP contribution in [0, 0.1) is 0 Å². The van der Waals surface area contributed by atoms with Crippen LogP contribution >= 0.6 is 11.7 Å². The van der Waals surface area contributed by atoms with Crippen LogP contribution in [0.5, 0.6) is 0 Å². The van der Waals surface area contributed by atoms with E-state index in [-0.39, 0.29) is 0 Å². The van der Waals surface area contributed by atoms with Crippen LogP contribution in [0.4, 0.5) is 5.82 Å². The van der Waals surface area contributed by atoms with Crippen molar-refractivity contribution in [2.24, 2.45) is 0 Å². The minimum absolute atomic E-state index is 0.903. The van der Waals surface area contributed by atoms with Crippen molar-refractivity contribution in [2.75, 3.05) is 38.3 Å². The zero-order valence-electron chi connectivity index (χ0n) is 10.7. The fourth-order valence-electron chi connectivity index (χ4n) is 2.56. The molecule has 1 aromatic rings. The van der Waals surface area contributed by atoms with E-state index < -0.39 is 0 Å². The molecule has 1 saturated heterocycles. The fraction of sp³-hybridized carbons (Fsp3) is 0.667. The molecule has 1 N–H and O–H groups in total. The van der Waals surface area contributed by atoms with Crippen molar-refractivity contribution in [1.29, 1.82) is 0 Å². The van der Waals surface area contributed by atoms with Crippen molar-refractivity contribution in [1.82, 2.24) is 19.0 Å². The number of piperidine rings is 1. The van der Waals surface area contributed by atoms with Gasteiger partial charge in [-0.25, -0.2) is 0 Å². The third kappa shape index (κ3) is 2.35. The van der Waals surface area contributed by atoms with Gasteiger partial charge in [0.25, 0.3) is 0 Å². The maximum Gasteiger partial charge on any atom is 0.170 e. The summed E-state index contributed by atoms with van der Waals surface area (Å²) in [5.41, 5.74) is 2.32. The number of anilines is 1. The Balaban J connectivity index is 1.84. The molecule has 0 unspecified atom stereocenters. The predicted molar refractivity (Wildman–Crippen MR) is 74.6 cm³/mol. The van der Waals surface area contributed by atoms with Gasteiger partial charge in [-0.1, -0.05) is 0 Å². The van der Waals surface area contributed by atoms with Gasteiger partial charge in [0.2, 0.25) is 0 Å². The molecule has 0 atom stereocenters. The summed E-state index contributed by atoms with van der Waals surface area (Å²) < 4.78 is 9.01. The van der Waals surface area contributed by atoms with Gasteiger partial charge in [0, 0.05) is 31.4 Å². The second-order valence-electron chi connectivity index (χ2n) is 5.03. The summed E-state index contributed by atoms with van der Waals surface area (Å²) in [5, 5.41) is 3.29. The van der Waals surface area contributed by atoms with Crippen LogP contribution < -0.4 is 10.2 Å². The number of nitrogens with zero attached hydrogens (tertiary/aromatic N) is 4. The molecule has 0 aliphatic carbocycles. The van der Waals surface area contributed by atoms with E-state index in [1.807, 2.05) is 0 Å². The molecule has 0 saturated carbocycles. The van der Waals surface area contributed by atoms with Gasteiger partial charge in [-0.15, -0.1) is 0 Å². The van der Waals surface area contributed by atoms with Gasteiger partial charge in [-0.05, 0) is 26.3 Å². The molecular formula is C12H19N5S. The van der Waals surface area contributed by atoms with Crippen LogP contribution in [0.3, 0.4) is 0 Å². The SMILES string of the molecule is CN1CNC=C(c2nsnc2N2CCCCC2)C1. The van der Waals surface area contributed by atoms with E-state index >= 15 is 0 Å². The molecule has 2 aliphatic heterocycles. The van der Waals surface area contributed by atoms with E-state index in [1.165, 1.54) is 36.6 Å². The van der Waals surface area contributed by atoms with Crippen LogP contribution in [0.15, 0.2) is 6.20 Å². The third-order valence-electron chi connectivity index (χ3n) is 3.51. The molecule has 3 heterocycles. The molecule has 0 radical (unpaired) electrons. The minimum atomic E-state index is 0.903. The fourth-order valence-corrected chi connectivity index (χ4v) is 3.16. The van der Waals surface area contributed by atoms with Gasteiger partial charge in [0.15, 0.2) is 5.82 Å². The van der Waals surface area contributed by atoms with Crippen molar-refractivity contribution < 1.29 is 0 Å². The Morgan fingerprint density at radius 3 is 2.83 bits per heavy atom. The number of hydrogen-bond acceptors (Lipinski definition) is 6. The summed E-state index contributed by atoms with van der Waals surface area (Å²) in [6.07, 6.45) is 5.98. The number of likely N-dealkylation sites (N-methyl/N-ethyl adjacent to an activating group) is 1. The Labute approximate surface area is 112 Å². The number of hydrogen-bond donors (Lipinski definition) is 1. The van der Waals surface area contributed by atoms with E-state index in [1.54, 1.807) is 0 Å². The van der Waals surface area contributed by atoms with E-state index in [2.05, 4.69) is 37.1 Å². The molecule has 1 aromatic heterocycles. The second kappa shape index (κ2) is 5.24. The first-order chi connectivity index (χ1) is 8.84. The minimum Gasteiger partial charge on any atom is -0.378 e. The lowest BCUT2D eigenvalue weighted by molar-refractivity contribution is 0.349. The van der Waals surface area contributed by atoms with Gasteiger partial charge in [-0.3, -0.25) is 4.90 Å². The lowest BCUT2D eigenvalue weighted by atomic mass is 10.1. The Hall–Kier alpha value is -1.14. The molecule has 0 spiro atoms. The highest BCUT2D eigenvalue weighted by atomic mass is 32.1. The Morgan fingerprint density at radius 2 is 2.06 bits per heavy atom. The molecule has 98 valence electrons. The number of rotatable bonds is 2. The standard InChI is InChI=1S/C12H19N5S/c1-16-8-10(7-13-9-16)11-12(15-18-14-11)17-5-3-2-4-6-17/h7,13H,2-6,8-9H2,1H3. The van der Waals surface area contributed by atoms with E-state index in [0.717, 1.165) is 37.8 Å². The van der Waals surface area contributed by atoms with Crippen LogP contribution in [0.1, 0.15) is 25.0 Å². The quantitative estimate of drug-likeness (QED) is 0.875. The smallest absolute Gasteiger partial charge is 0.170 e. The third-order valence-corrected chi connectivity index (χ3v) is 4.03. The summed E-state index contributed by atoms with van der Waals surface area (Å²) in [6, 6.07) is 0. The molecule has 18 heavy (non-hydrogen) atoms. The average Bonchev–Trinajstić information content (AvgIpc) is 2.89. The molecular weight excluding hydrogens is 246 g/mol. The first-order valence-corrected chi connectivity index (χ1v) is 7.26. The molecule has 5 nitrogen and oxygen atoms in total. The highest BCUT2D eigenvalue weighted by Gasteiger charge is 2.22. The van der Waals surface area contributed by atoms with Gasteiger partial charge < -0.3 is 10.2 Å². The molecule has 0 aromatic carbocycles. The van der Waals surface area contributed by atoms with Crippen LogP contribution in [0.2, 0.25) is 0 Å². The number of aromatic nitrogens is 2. The van der Waals surface area contributed by atoms with Crippen molar-refractivity contribution >= 4 is 23.1 Å². The lowest BCUT2D eigenvalue weighted by Gasteiger charge is -2.29. The van der Waals surface area contributed by atoms with Crippen molar-refractivity contribution in [3.05, 3.63) is 11.9 Å². The van der Waals surface area contributed by atoms with Crippen LogP contribution in [-0.2, 0) is 0 Å². The summed E-state index contributed by atoms with van der Waals surface area (Å²) in [7, 11) is 2.11. The van der Waals surface area contributed by atoms with Crippen molar-refractivity contribution in [2.45, 2.75) is 19.3 Å². The maximum absolute atomic E-state index is 4.51. The first kappa shape index (κ1) is 11.9. The monoisotopic (exact) mass is 265 g/mol. The highest BCUT2D eigenvalue weighted by Crippen LogP contribution is 2.28.